The van der Waals surface area contributed by atoms with Gasteiger partial charge in [0.15, 0.2) is 0 Å². The van der Waals surface area contributed by atoms with E-state index in [9.17, 15) is 0 Å². The van der Waals surface area contributed by atoms with Gasteiger partial charge < -0.3 is 10.1 Å². The van der Waals surface area contributed by atoms with Gasteiger partial charge in [-0.2, -0.15) is 5.10 Å². The lowest BCUT2D eigenvalue weighted by Crippen LogP contribution is -2.13. The monoisotopic (exact) mass is 335 g/mol. The lowest BCUT2D eigenvalue weighted by Gasteiger charge is -2.08. The van der Waals surface area contributed by atoms with Crippen LogP contribution >= 0.6 is 12.4 Å². The molecule has 23 heavy (non-hydrogen) atoms. The fourth-order valence-corrected chi connectivity index (χ4v) is 3.13. The molecule has 0 bridgehead atoms. The molecule has 1 aromatic heterocycles. The Morgan fingerprint density at radius 2 is 1.87 bits per heavy atom. The fourth-order valence-electron chi connectivity index (χ4n) is 3.13. The molecule has 0 atom stereocenters. The SMILES string of the molecule is COc1ccc(CNCc2cn(C3CCCC3)nc2C)cc1.Cl. The Labute approximate surface area is 144 Å². The maximum Gasteiger partial charge on any atom is 0.118 e. The molecular formula is C18H26ClN3O. The molecule has 0 spiro atoms. The van der Waals surface area contributed by atoms with Gasteiger partial charge >= 0.3 is 0 Å². The molecule has 4 nitrogen and oxygen atoms in total. The third-order valence-electron chi connectivity index (χ3n) is 4.52. The van der Waals surface area contributed by atoms with E-state index in [1.807, 2.05) is 12.1 Å². The first-order valence-electron chi connectivity index (χ1n) is 8.14. The summed E-state index contributed by atoms with van der Waals surface area (Å²) in [5.74, 6) is 0.900. The number of ether oxygens (including phenoxy) is 1. The molecule has 1 aliphatic carbocycles. The molecule has 2 aromatic rings. The molecule has 1 fully saturated rings. The van der Waals surface area contributed by atoms with Crippen molar-refractivity contribution >= 4 is 12.4 Å². The van der Waals surface area contributed by atoms with Gasteiger partial charge in [0, 0.05) is 24.8 Å². The topological polar surface area (TPSA) is 39.1 Å². The highest BCUT2D eigenvalue weighted by Gasteiger charge is 2.18. The molecule has 126 valence electrons. The van der Waals surface area contributed by atoms with Gasteiger partial charge in [0.1, 0.15) is 5.75 Å². The standard InChI is InChI=1S/C18H25N3O.ClH/c1-14-16(13-21(20-14)17-5-3-4-6-17)12-19-11-15-7-9-18(22-2)10-8-15;/h7-10,13,17,19H,3-6,11-12H2,1-2H3;1H. The summed E-state index contributed by atoms with van der Waals surface area (Å²) in [5.41, 5.74) is 3.72. The summed E-state index contributed by atoms with van der Waals surface area (Å²) in [6.07, 6.45) is 7.47. The second-order valence-electron chi connectivity index (χ2n) is 6.11. The zero-order chi connectivity index (χ0) is 15.4. The minimum Gasteiger partial charge on any atom is -0.497 e. The van der Waals surface area contributed by atoms with Crippen LogP contribution in [0.2, 0.25) is 0 Å². The third-order valence-corrected chi connectivity index (χ3v) is 4.52. The van der Waals surface area contributed by atoms with E-state index in [0.717, 1.165) is 24.5 Å². The Morgan fingerprint density at radius 3 is 2.52 bits per heavy atom. The molecule has 0 amide bonds. The van der Waals surface area contributed by atoms with Gasteiger partial charge in [-0.15, -0.1) is 12.4 Å². The Hall–Kier alpha value is -1.52. The Morgan fingerprint density at radius 1 is 1.17 bits per heavy atom. The number of hydrogen-bond acceptors (Lipinski definition) is 3. The van der Waals surface area contributed by atoms with Crippen molar-refractivity contribution in [1.29, 1.82) is 0 Å². The van der Waals surface area contributed by atoms with E-state index in [0.29, 0.717) is 6.04 Å². The predicted octanol–water partition coefficient (Wildman–Crippen LogP) is 4.03. The van der Waals surface area contributed by atoms with Crippen molar-refractivity contribution in [3.8, 4) is 5.75 Å². The van der Waals surface area contributed by atoms with Crippen molar-refractivity contribution in [2.75, 3.05) is 7.11 Å². The molecule has 0 radical (unpaired) electrons. The number of hydrogen-bond donors (Lipinski definition) is 1. The van der Waals surface area contributed by atoms with E-state index in [2.05, 4.69) is 35.3 Å². The number of aryl methyl sites for hydroxylation is 1. The zero-order valence-corrected chi connectivity index (χ0v) is 14.7. The van der Waals surface area contributed by atoms with Crippen LogP contribution in [-0.4, -0.2) is 16.9 Å². The van der Waals surface area contributed by atoms with E-state index < -0.39 is 0 Å². The van der Waals surface area contributed by atoms with Gasteiger partial charge in [0.05, 0.1) is 18.8 Å². The molecule has 1 N–H and O–H groups in total. The first kappa shape index (κ1) is 17.8. The van der Waals surface area contributed by atoms with E-state index in [-0.39, 0.29) is 12.4 Å². The van der Waals surface area contributed by atoms with E-state index in [4.69, 9.17) is 9.84 Å². The average molecular weight is 336 g/mol. The van der Waals surface area contributed by atoms with Crippen molar-refractivity contribution in [3.05, 3.63) is 47.3 Å². The summed E-state index contributed by atoms with van der Waals surface area (Å²) in [6.45, 7) is 3.83. The number of benzene rings is 1. The fraction of sp³-hybridized carbons (Fsp3) is 0.500. The third kappa shape index (κ3) is 4.49. The summed E-state index contributed by atoms with van der Waals surface area (Å²) in [4.78, 5) is 0. The molecular weight excluding hydrogens is 310 g/mol. The van der Waals surface area contributed by atoms with Crippen molar-refractivity contribution in [2.45, 2.75) is 51.7 Å². The van der Waals surface area contributed by atoms with Crippen LogP contribution in [0.1, 0.15) is 48.5 Å². The Bertz CT molecular complexity index is 603. The first-order chi connectivity index (χ1) is 10.8. The lowest BCUT2D eigenvalue weighted by molar-refractivity contribution is 0.414. The highest BCUT2D eigenvalue weighted by Crippen LogP contribution is 2.29. The number of nitrogens with zero attached hydrogens (tertiary/aromatic N) is 2. The average Bonchev–Trinajstić information content (AvgIpc) is 3.18. The van der Waals surface area contributed by atoms with Crippen LogP contribution in [-0.2, 0) is 13.1 Å². The van der Waals surface area contributed by atoms with Crippen molar-refractivity contribution in [3.63, 3.8) is 0 Å². The van der Waals surface area contributed by atoms with Crippen molar-refractivity contribution in [1.82, 2.24) is 15.1 Å². The molecule has 1 saturated carbocycles. The zero-order valence-electron chi connectivity index (χ0n) is 13.9. The first-order valence-corrected chi connectivity index (χ1v) is 8.14. The minimum atomic E-state index is 0. The largest absolute Gasteiger partial charge is 0.497 e. The van der Waals surface area contributed by atoms with Crippen molar-refractivity contribution < 1.29 is 4.74 Å². The van der Waals surface area contributed by atoms with Gasteiger partial charge in [-0.05, 0) is 37.5 Å². The van der Waals surface area contributed by atoms with Gasteiger partial charge in [-0.3, -0.25) is 4.68 Å². The lowest BCUT2D eigenvalue weighted by atomic mass is 10.2. The number of methoxy groups -OCH3 is 1. The molecule has 0 aliphatic heterocycles. The highest BCUT2D eigenvalue weighted by atomic mass is 35.5. The molecule has 0 unspecified atom stereocenters. The van der Waals surface area contributed by atoms with Crippen LogP contribution < -0.4 is 10.1 Å². The Balaban J connectivity index is 0.00000192. The minimum absolute atomic E-state index is 0. The number of halogens is 1. The maximum absolute atomic E-state index is 5.18. The number of nitrogens with one attached hydrogen (secondary N) is 1. The van der Waals surface area contributed by atoms with E-state index >= 15 is 0 Å². The summed E-state index contributed by atoms with van der Waals surface area (Å²) in [6, 6.07) is 8.82. The van der Waals surface area contributed by atoms with Crippen LogP contribution in [0.15, 0.2) is 30.5 Å². The van der Waals surface area contributed by atoms with Crippen molar-refractivity contribution in [2.24, 2.45) is 0 Å². The van der Waals surface area contributed by atoms with E-state index in [1.54, 1.807) is 7.11 Å². The summed E-state index contributed by atoms with van der Waals surface area (Å²) in [7, 11) is 1.69. The smallest absolute Gasteiger partial charge is 0.118 e. The molecule has 3 rings (SSSR count). The number of aromatic nitrogens is 2. The van der Waals surface area contributed by atoms with Crippen LogP contribution in [0, 0.1) is 6.92 Å². The molecule has 1 heterocycles. The summed E-state index contributed by atoms with van der Waals surface area (Å²) in [5, 5.41) is 8.21. The van der Waals surface area contributed by atoms with Crippen LogP contribution in [0.4, 0.5) is 0 Å². The second-order valence-corrected chi connectivity index (χ2v) is 6.11. The quantitative estimate of drug-likeness (QED) is 0.866. The van der Waals surface area contributed by atoms with Crippen LogP contribution in [0.5, 0.6) is 5.75 Å². The van der Waals surface area contributed by atoms with Gasteiger partial charge in [0.2, 0.25) is 0 Å². The maximum atomic E-state index is 5.18. The summed E-state index contributed by atoms with van der Waals surface area (Å²) < 4.78 is 7.37. The van der Waals surface area contributed by atoms with Crippen LogP contribution in [0.3, 0.4) is 0 Å². The predicted molar refractivity (Wildman–Crippen MR) is 95.3 cm³/mol. The van der Waals surface area contributed by atoms with Gasteiger partial charge in [-0.25, -0.2) is 0 Å². The normalized spacial score (nSPS) is 14.7. The second kappa shape index (κ2) is 8.37. The number of rotatable bonds is 6. The highest BCUT2D eigenvalue weighted by molar-refractivity contribution is 5.85. The molecule has 1 aliphatic rings. The molecule has 5 heteroatoms. The van der Waals surface area contributed by atoms with Gasteiger partial charge in [-0.1, -0.05) is 25.0 Å². The van der Waals surface area contributed by atoms with Gasteiger partial charge in [0.25, 0.3) is 0 Å². The Kier molecular flexibility index (Phi) is 6.48. The molecule has 1 aromatic carbocycles. The van der Waals surface area contributed by atoms with E-state index in [1.165, 1.54) is 36.8 Å². The molecule has 0 saturated heterocycles. The summed E-state index contributed by atoms with van der Waals surface area (Å²) >= 11 is 0. The van der Waals surface area contributed by atoms with Crippen LogP contribution in [0.25, 0.3) is 0 Å².